The van der Waals surface area contributed by atoms with Crippen molar-refractivity contribution >= 4 is 16.8 Å². The lowest BCUT2D eigenvalue weighted by Gasteiger charge is -2.22. The van der Waals surface area contributed by atoms with Gasteiger partial charge in [-0.2, -0.15) is 0 Å². The third-order valence-corrected chi connectivity index (χ3v) is 7.19. The van der Waals surface area contributed by atoms with Gasteiger partial charge in [-0.25, -0.2) is 4.68 Å². The summed E-state index contributed by atoms with van der Waals surface area (Å²) in [7, 11) is 3.24. The van der Waals surface area contributed by atoms with Crippen LogP contribution in [0.1, 0.15) is 65.5 Å². The number of methoxy groups -OCH3 is 2. The molecule has 0 saturated heterocycles. The Bertz CT molecular complexity index is 1420. The van der Waals surface area contributed by atoms with Gasteiger partial charge in [-0.1, -0.05) is 19.3 Å². The molecule has 7 nitrogen and oxygen atoms in total. The van der Waals surface area contributed by atoms with Crippen LogP contribution in [0.5, 0.6) is 11.5 Å². The Balaban J connectivity index is 1.57. The number of fused-ring (bicyclic) bond motifs is 1. The van der Waals surface area contributed by atoms with E-state index in [1.54, 1.807) is 53.8 Å². The van der Waals surface area contributed by atoms with Crippen LogP contribution in [0.3, 0.4) is 0 Å². The molecule has 4 aromatic rings. The summed E-state index contributed by atoms with van der Waals surface area (Å²) < 4.78 is 14.3. The van der Waals surface area contributed by atoms with Gasteiger partial charge in [0.05, 0.1) is 25.8 Å². The van der Waals surface area contributed by atoms with Gasteiger partial charge in [-0.3, -0.25) is 19.3 Å². The molecule has 35 heavy (non-hydrogen) atoms. The molecular formula is C28H31N3O4. The van der Waals surface area contributed by atoms with Crippen molar-refractivity contribution in [3.63, 3.8) is 0 Å². The summed E-state index contributed by atoms with van der Waals surface area (Å²) in [4.78, 5) is 26.4. The number of nitrogens with one attached hydrogen (secondary N) is 1. The molecule has 0 spiro atoms. The summed E-state index contributed by atoms with van der Waals surface area (Å²) in [5, 5.41) is 4.31. The predicted molar refractivity (Wildman–Crippen MR) is 136 cm³/mol. The van der Waals surface area contributed by atoms with Crippen LogP contribution >= 0.6 is 0 Å². The van der Waals surface area contributed by atoms with Crippen LogP contribution in [0.2, 0.25) is 0 Å². The number of aromatic nitrogens is 3. The monoisotopic (exact) mass is 473 g/mol. The molecule has 0 unspecified atom stereocenters. The van der Waals surface area contributed by atoms with Crippen LogP contribution in [0.25, 0.3) is 10.9 Å². The van der Waals surface area contributed by atoms with E-state index in [0.29, 0.717) is 17.7 Å². The molecule has 1 N–H and O–H groups in total. The highest BCUT2D eigenvalue weighted by Crippen LogP contribution is 2.32. The summed E-state index contributed by atoms with van der Waals surface area (Å²) in [5.41, 5.74) is 4.10. The largest absolute Gasteiger partial charge is 0.497 e. The third kappa shape index (κ3) is 4.27. The summed E-state index contributed by atoms with van der Waals surface area (Å²) >= 11 is 0. The van der Waals surface area contributed by atoms with Gasteiger partial charge in [0.1, 0.15) is 11.5 Å². The van der Waals surface area contributed by atoms with Gasteiger partial charge < -0.3 is 9.47 Å². The first-order chi connectivity index (χ1) is 17.0. The lowest BCUT2D eigenvalue weighted by atomic mass is 9.96. The maximum Gasteiger partial charge on any atom is 0.266 e. The first-order valence-electron chi connectivity index (χ1n) is 12.2. The molecule has 5 rings (SSSR count). The second kappa shape index (κ2) is 9.49. The molecular weight excluding hydrogens is 442 g/mol. The molecule has 0 amide bonds. The molecule has 1 aliphatic carbocycles. The number of rotatable bonds is 6. The Hall–Kier alpha value is -3.74. The predicted octanol–water partition coefficient (Wildman–Crippen LogP) is 5.24. The average molecular weight is 474 g/mol. The molecule has 2 heterocycles. The maximum atomic E-state index is 13.6. The number of carbonyl (C=O) groups excluding carboxylic acids is 1. The smallest absolute Gasteiger partial charge is 0.266 e. The fourth-order valence-corrected chi connectivity index (χ4v) is 5.29. The summed E-state index contributed by atoms with van der Waals surface area (Å²) in [6.45, 7) is 1.96. The molecule has 1 saturated carbocycles. The molecule has 0 aliphatic heterocycles. The van der Waals surface area contributed by atoms with E-state index in [1.807, 2.05) is 25.1 Å². The summed E-state index contributed by atoms with van der Waals surface area (Å²) in [5.74, 6) is 1.31. The van der Waals surface area contributed by atoms with Gasteiger partial charge >= 0.3 is 0 Å². The van der Waals surface area contributed by atoms with Gasteiger partial charge in [0.2, 0.25) is 0 Å². The van der Waals surface area contributed by atoms with Crippen LogP contribution in [-0.2, 0) is 6.42 Å². The minimum atomic E-state index is -0.111. The minimum absolute atomic E-state index is 0.0141. The van der Waals surface area contributed by atoms with Crippen LogP contribution in [0.15, 0.2) is 53.3 Å². The van der Waals surface area contributed by atoms with E-state index >= 15 is 0 Å². The normalized spacial score (nSPS) is 14.4. The molecule has 0 bridgehead atoms. The lowest BCUT2D eigenvalue weighted by Crippen LogP contribution is -2.23. The van der Waals surface area contributed by atoms with E-state index < -0.39 is 0 Å². The molecule has 182 valence electrons. The fraction of sp³-hybridized carbons (Fsp3) is 0.357. The van der Waals surface area contributed by atoms with Crippen LogP contribution < -0.4 is 15.0 Å². The second-order valence-corrected chi connectivity index (χ2v) is 9.27. The van der Waals surface area contributed by atoms with Gasteiger partial charge in [-0.15, -0.1) is 0 Å². The number of nitrogens with zero attached hydrogens (tertiary/aromatic N) is 2. The average Bonchev–Trinajstić information content (AvgIpc) is 3.40. The first kappa shape index (κ1) is 23.0. The van der Waals surface area contributed by atoms with Crippen LogP contribution in [0, 0.1) is 6.92 Å². The Morgan fingerprint density at radius 2 is 1.66 bits per heavy atom. The van der Waals surface area contributed by atoms with Gasteiger partial charge in [-0.05, 0) is 67.8 Å². The highest BCUT2D eigenvalue weighted by atomic mass is 16.5. The van der Waals surface area contributed by atoms with E-state index in [1.165, 1.54) is 6.42 Å². The van der Waals surface area contributed by atoms with Crippen molar-refractivity contribution in [2.45, 2.75) is 51.5 Å². The van der Waals surface area contributed by atoms with Gasteiger partial charge in [0.15, 0.2) is 0 Å². The van der Waals surface area contributed by atoms with Crippen molar-refractivity contribution < 1.29 is 14.3 Å². The van der Waals surface area contributed by atoms with Crippen molar-refractivity contribution in [1.29, 1.82) is 0 Å². The number of H-pyrrole nitrogens is 1. The van der Waals surface area contributed by atoms with Crippen LogP contribution in [0.4, 0.5) is 0 Å². The van der Waals surface area contributed by atoms with Crippen LogP contribution in [-0.4, -0.2) is 34.5 Å². The molecule has 1 fully saturated rings. The lowest BCUT2D eigenvalue weighted by molar-refractivity contribution is 0.0963. The van der Waals surface area contributed by atoms with Crippen molar-refractivity contribution in [3.05, 3.63) is 81.4 Å². The van der Waals surface area contributed by atoms with E-state index in [2.05, 4.69) is 5.10 Å². The van der Waals surface area contributed by atoms with E-state index in [-0.39, 0.29) is 17.5 Å². The molecule has 0 radical (unpaired) electrons. The van der Waals surface area contributed by atoms with Crippen molar-refractivity contribution in [3.8, 4) is 11.5 Å². The molecule has 0 atom stereocenters. The number of ether oxygens (including phenoxy) is 2. The molecule has 2 aromatic heterocycles. The van der Waals surface area contributed by atoms with Crippen molar-refractivity contribution in [2.24, 2.45) is 0 Å². The fourth-order valence-electron chi connectivity index (χ4n) is 5.29. The number of benzene rings is 2. The molecule has 2 aromatic carbocycles. The standard InChI is InChI=1S/C28H31N3O4/c1-18-24(15-20-16-27(32)31(29-20)21-7-5-4-6-8-21)25-17-23(35-3)13-14-26(25)30(18)28(33)19-9-11-22(34-2)12-10-19/h9-14,16-17,21,29H,4-8,15H2,1-3H3. The highest BCUT2D eigenvalue weighted by molar-refractivity contribution is 6.04. The summed E-state index contributed by atoms with van der Waals surface area (Å²) in [6.07, 6.45) is 6.14. The van der Waals surface area contributed by atoms with E-state index in [0.717, 1.165) is 59.3 Å². The zero-order valence-corrected chi connectivity index (χ0v) is 20.5. The number of carbonyl (C=O) groups is 1. The zero-order valence-electron chi connectivity index (χ0n) is 20.5. The highest BCUT2D eigenvalue weighted by Gasteiger charge is 2.23. The number of hydrogen-bond acceptors (Lipinski definition) is 4. The number of hydrogen-bond donors (Lipinski definition) is 1. The Morgan fingerprint density at radius 3 is 2.34 bits per heavy atom. The van der Waals surface area contributed by atoms with Gasteiger partial charge in [0.25, 0.3) is 11.5 Å². The second-order valence-electron chi connectivity index (χ2n) is 9.27. The molecule has 1 aliphatic rings. The summed E-state index contributed by atoms with van der Waals surface area (Å²) in [6, 6.07) is 14.8. The first-order valence-corrected chi connectivity index (χ1v) is 12.2. The Morgan fingerprint density at radius 1 is 0.971 bits per heavy atom. The van der Waals surface area contributed by atoms with Gasteiger partial charge in [0, 0.05) is 34.8 Å². The molecule has 7 heteroatoms. The topological polar surface area (TPSA) is 78.2 Å². The van der Waals surface area contributed by atoms with Crippen molar-refractivity contribution in [2.75, 3.05) is 14.2 Å². The SMILES string of the molecule is COc1ccc(C(=O)n2c(C)c(Cc3cc(=O)n(C4CCCCC4)[nH]3)c3cc(OC)ccc32)cc1. The number of aromatic amines is 1. The van der Waals surface area contributed by atoms with E-state index in [4.69, 9.17) is 9.47 Å². The zero-order chi connectivity index (χ0) is 24.5. The minimum Gasteiger partial charge on any atom is -0.497 e. The quantitative estimate of drug-likeness (QED) is 0.415. The Kier molecular flexibility index (Phi) is 6.24. The van der Waals surface area contributed by atoms with E-state index in [9.17, 15) is 9.59 Å². The Labute approximate surface area is 204 Å². The maximum absolute atomic E-state index is 13.6. The third-order valence-electron chi connectivity index (χ3n) is 7.19. The van der Waals surface area contributed by atoms with Crippen molar-refractivity contribution in [1.82, 2.24) is 14.3 Å².